The summed E-state index contributed by atoms with van der Waals surface area (Å²) in [5.74, 6) is -0.507. The monoisotopic (exact) mass is 401 g/mol. The van der Waals surface area contributed by atoms with Crippen molar-refractivity contribution >= 4 is 39.7 Å². The second-order valence-electron chi connectivity index (χ2n) is 5.93. The number of hydrogen-bond acceptors (Lipinski definition) is 5. The molecule has 2 heterocycles. The summed E-state index contributed by atoms with van der Waals surface area (Å²) in [6.07, 6.45) is 1.25. The van der Waals surface area contributed by atoms with Gasteiger partial charge in [-0.15, -0.1) is 5.10 Å². The molecule has 0 aliphatic carbocycles. The van der Waals surface area contributed by atoms with E-state index in [1.807, 2.05) is 0 Å². The van der Waals surface area contributed by atoms with Crippen LogP contribution in [0.2, 0.25) is 5.02 Å². The number of benzene rings is 2. The van der Waals surface area contributed by atoms with Gasteiger partial charge in [-0.25, -0.2) is 23.3 Å². The van der Waals surface area contributed by atoms with E-state index in [9.17, 15) is 14.0 Å². The molecule has 0 fully saturated rings. The lowest BCUT2D eigenvalue weighted by Crippen LogP contribution is -2.28. The largest absolute Gasteiger partial charge is 0.495 e. The van der Waals surface area contributed by atoms with E-state index in [2.05, 4.69) is 15.4 Å². The lowest BCUT2D eigenvalue weighted by Gasteiger charge is -2.10. The van der Waals surface area contributed by atoms with Crippen LogP contribution in [0.5, 0.6) is 5.75 Å². The lowest BCUT2D eigenvalue weighted by molar-refractivity contribution is -0.117. The Kier molecular flexibility index (Phi) is 4.44. The molecule has 2 aromatic carbocycles. The molecule has 0 bridgehead atoms. The summed E-state index contributed by atoms with van der Waals surface area (Å²) < 4.78 is 20.8. The van der Waals surface area contributed by atoms with Crippen molar-refractivity contribution in [1.82, 2.24) is 19.2 Å². The van der Waals surface area contributed by atoms with Crippen molar-refractivity contribution in [3.05, 3.63) is 64.0 Å². The highest BCUT2D eigenvalue weighted by atomic mass is 35.5. The predicted molar refractivity (Wildman–Crippen MR) is 101 cm³/mol. The molecule has 0 radical (unpaired) electrons. The molecule has 0 saturated heterocycles. The third-order valence-corrected chi connectivity index (χ3v) is 4.35. The van der Waals surface area contributed by atoms with Crippen molar-refractivity contribution < 1.29 is 13.9 Å². The highest BCUT2D eigenvalue weighted by Crippen LogP contribution is 2.27. The van der Waals surface area contributed by atoms with Crippen LogP contribution in [-0.2, 0) is 11.3 Å². The first-order valence-electron chi connectivity index (χ1n) is 8.13. The van der Waals surface area contributed by atoms with Crippen molar-refractivity contribution in [2.75, 3.05) is 12.4 Å². The fourth-order valence-electron chi connectivity index (χ4n) is 2.84. The van der Waals surface area contributed by atoms with Crippen LogP contribution in [0.3, 0.4) is 0 Å². The summed E-state index contributed by atoms with van der Waals surface area (Å²) in [6.45, 7) is -0.334. The summed E-state index contributed by atoms with van der Waals surface area (Å²) >= 11 is 5.95. The number of halogens is 2. The van der Waals surface area contributed by atoms with E-state index in [1.54, 1.807) is 12.1 Å². The second kappa shape index (κ2) is 6.93. The number of methoxy groups -OCH3 is 1. The number of amides is 1. The Morgan fingerprint density at radius 2 is 2.11 bits per heavy atom. The lowest BCUT2D eigenvalue weighted by atomic mass is 10.2. The first-order valence-corrected chi connectivity index (χ1v) is 8.51. The zero-order chi connectivity index (χ0) is 19.8. The first-order chi connectivity index (χ1) is 13.5. The quantitative estimate of drug-likeness (QED) is 0.567. The number of carbonyl (C=O) groups is 1. The maximum Gasteiger partial charge on any atom is 0.352 e. The smallest absolute Gasteiger partial charge is 0.352 e. The van der Waals surface area contributed by atoms with Crippen molar-refractivity contribution in [1.29, 1.82) is 0 Å². The molecule has 0 saturated carbocycles. The molecule has 0 unspecified atom stereocenters. The Morgan fingerprint density at radius 3 is 2.89 bits per heavy atom. The van der Waals surface area contributed by atoms with Crippen LogP contribution in [0.4, 0.5) is 10.1 Å². The van der Waals surface area contributed by atoms with E-state index in [4.69, 9.17) is 16.3 Å². The number of ether oxygens (including phenoxy) is 1. The third-order valence-electron chi connectivity index (χ3n) is 4.11. The maximum atomic E-state index is 13.4. The van der Waals surface area contributed by atoms with Gasteiger partial charge in [0.15, 0.2) is 5.65 Å². The molecule has 28 heavy (non-hydrogen) atoms. The van der Waals surface area contributed by atoms with Gasteiger partial charge in [0.25, 0.3) is 0 Å². The van der Waals surface area contributed by atoms with Crippen LogP contribution in [0.25, 0.3) is 16.6 Å². The fourth-order valence-corrected chi connectivity index (χ4v) is 3.01. The summed E-state index contributed by atoms with van der Waals surface area (Å²) in [5.41, 5.74) is 0.474. The van der Waals surface area contributed by atoms with Crippen LogP contribution in [-0.4, -0.2) is 32.2 Å². The average Bonchev–Trinajstić information content (AvgIpc) is 2.97. The number of anilines is 1. The molecule has 142 valence electrons. The SMILES string of the molecule is COc1ccc(Cl)cc1NC(=O)Cn1nc2c3ccc(F)cc3ncn2c1=O. The standard InChI is InChI=1S/C18H13ClFN5O3/c1-28-15-5-2-10(19)6-14(15)22-16(26)8-25-18(27)24-9-21-13-7-11(20)3-4-12(13)17(24)23-25/h2-7,9H,8H2,1H3,(H,22,26). The molecule has 0 aliphatic rings. The molecule has 0 spiro atoms. The molecule has 0 aliphatic heterocycles. The Labute approximate surface area is 162 Å². The fraction of sp³-hybridized carbons (Fsp3) is 0.111. The van der Waals surface area contributed by atoms with Crippen LogP contribution >= 0.6 is 11.6 Å². The summed E-state index contributed by atoms with van der Waals surface area (Å²) in [6, 6.07) is 8.77. The number of carbonyl (C=O) groups excluding carboxylic acids is 1. The number of nitrogens with zero attached hydrogens (tertiary/aromatic N) is 4. The van der Waals surface area contributed by atoms with E-state index in [0.29, 0.717) is 27.4 Å². The van der Waals surface area contributed by atoms with E-state index in [-0.39, 0.29) is 12.2 Å². The first kappa shape index (κ1) is 17.9. The number of aromatic nitrogens is 4. The Bertz CT molecular complexity index is 1280. The molecular weight excluding hydrogens is 389 g/mol. The van der Waals surface area contributed by atoms with Gasteiger partial charge in [0.2, 0.25) is 5.91 Å². The number of nitrogens with one attached hydrogen (secondary N) is 1. The minimum atomic E-state index is -0.540. The van der Waals surface area contributed by atoms with Gasteiger partial charge in [-0.05, 0) is 30.3 Å². The minimum absolute atomic E-state index is 0.281. The van der Waals surface area contributed by atoms with Crippen molar-refractivity contribution in [2.45, 2.75) is 6.54 Å². The van der Waals surface area contributed by atoms with Gasteiger partial charge >= 0.3 is 5.69 Å². The average molecular weight is 402 g/mol. The summed E-state index contributed by atoms with van der Waals surface area (Å²) in [7, 11) is 1.46. The highest BCUT2D eigenvalue weighted by Gasteiger charge is 2.15. The predicted octanol–water partition coefficient (Wildman–Crippen LogP) is 2.48. The van der Waals surface area contributed by atoms with E-state index in [1.165, 1.54) is 42.1 Å². The Hall–Kier alpha value is -3.46. The van der Waals surface area contributed by atoms with E-state index in [0.717, 1.165) is 4.68 Å². The van der Waals surface area contributed by atoms with Gasteiger partial charge in [0.1, 0.15) is 24.4 Å². The number of hydrogen-bond donors (Lipinski definition) is 1. The highest BCUT2D eigenvalue weighted by molar-refractivity contribution is 6.31. The van der Waals surface area contributed by atoms with Gasteiger partial charge in [-0.1, -0.05) is 11.6 Å². The van der Waals surface area contributed by atoms with Gasteiger partial charge in [-0.2, -0.15) is 0 Å². The Morgan fingerprint density at radius 1 is 1.29 bits per heavy atom. The van der Waals surface area contributed by atoms with Gasteiger partial charge in [0.05, 0.1) is 18.3 Å². The zero-order valence-corrected chi connectivity index (χ0v) is 15.3. The number of fused-ring (bicyclic) bond motifs is 3. The second-order valence-corrected chi connectivity index (χ2v) is 6.37. The summed E-state index contributed by atoms with van der Waals surface area (Å²) in [5, 5.41) is 7.76. The topological polar surface area (TPSA) is 90.5 Å². The zero-order valence-electron chi connectivity index (χ0n) is 14.5. The van der Waals surface area contributed by atoms with E-state index >= 15 is 0 Å². The molecular formula is C18H13ClFN5O3. The van der Waals surface area contributed by atoms with Crippen LogP contribution < -0.4 is 15.7 Å². The van der Waals surface area contributed by atoms with Gasteiger partial charge < -0.3 is 10.1 Å². The molecule has 4 aromatic rings. The molecule has 4 rings (SSSR count). The molecule has 0 atom stereocenters. The van der Waals surface area contributed by atoms with Gasteiger partial charge in [-0.3, -0.25) is 4.79 Å². The molecule has 8 nitrogen and oxygen atoms in total. The normalized spacial score (nSPS) is 11.1. The maximum absolute atomic E-state index is 13.4. The molecule has 1 N–H and O–H groups in total. The van der Waals surface area contributed by atoms with Gasteiger partial charge in [0, 0.05) is 16.5 Å². The molecule has 2 aromatic heterocycles. The summed E-state index contributed by atoms with van der Waals surface area (Å²) in [4.78, 5) is 29.0. The Balaban J connectivity index is 1.67. The van der Waals surface area contributed by atoms with Crippen molar-refractivity contribution in [3.63, 3.8) is 0 Å². The van der Waals surface area contributed by atoms with Crippen LogP contribution in [0, 0.1) is 5.82 Å². The van der Waals surface area contributed by atoms with Crippen molar-refractivity contribution in [3.8, 4) is 5.75 Å². The molecule has 10 heteroatoms. The number of rotatable bonds is 4. The third kappa shape index (κ3) is 3.16. The molecule has 1 amide bonds. The van der Waals surface area contributed by atoms with Crippen LogP contribution in [0.15, 0.2) is 47.5 Å². The van der Waals surface area contributed by atoms with Crippen molar-refractivity contribution in [2.24, 2.45) is 0 Å². The minimum Gasteiger partial charge on any atom is -0.495 e. The van der Waals surface area contributed by atoms with E-state index < -0.39 is 17.4 Å². The van der Waals surface area contributed by atoms with Crippen LogP contribution in [0.1, 0.15) is 0 Å².